The number of benzene rings is 2. The smallest absolute Gasteiger partial charge is 0.338 e. The lowest BCUT2D eigenvalue weighted by molar-refractivity contribution is -0.223. The van der Waals surface area contributed by atoms with Crippen LogP contribution in [0.25, 0.3) is 0 Å². The van der Waals surface area contributed by atoms with E-state index in [2.05, 4.69) is 0 Å². The van der Waals surface area contributed by atoms with E-state index >= 15 is 0 Å². The van der Waals surface area contributed by atoms with E-state index in [-0.39, 0.29) is 11.1 Å². The first-order valence-corrected chi connectivity index (χ1v) is 8.64. The second kappa shape index (κ2) is 8.49. The van der Waals surface area contributed by atoms with Gasteiger partial charge in [0.2, 0.25) is 0 Å². The zero-order valence-corrected chi connectivity index (χ0v) is 14.7. The van der Waals surface area contributed by atoms with E-state index in [4.69, 9.17) is 9.47 Å². The molecule has 28 heavy (non-hydrogen) atoms. The number of hydrogen-bond donors (Lipinski definition) is 4. The quantitative estimate of drug-likeness (QED) is 0.534. The van der Waals surface area contributed by atoms with Crippen LogP contribution in [0.2, 0.25) is 0 Å². The van der Waals surface area contributed by atoms with Gasteiger partial charge in [-0.3, -0.25) is 0 Å². The first-order chi connectivity index (χ1) is 13.4. The Morgan fingerprint density at radius 1 is 0.571 bits per heavy atom. The standard InChI is InChI=1S/C20H20O8/c21-13-14(22)17(27-19(25)11-7-3-1-4-8-11)16(24)18(15(13)23)28-20(26)12-9-5-2-6-10-12/h1-10,13-18,21-24H/t13?,14-,15+,16?,17+,18-. The number of aliphatic hydroxyl groups excluding tert-OH is 4. The number of aliphatic hydroxyl groups is 4. The molecule has 2 aromatic rings. The Kier molecular flexibility index (Phi) is 6.05. The van der Waals surface area contributed by atoms with Crippen LogP contribution in [0.5, 0.6) is 0 Å². The molecule has 1 fully saturated rings. The Labute approximate surface area is 160 Å². The zero-order valence-electron chi connectivity index (χ0n) is 14.7. The second-order valence-electron chi connectivity index (χ2n) is 6.43. The predicted octanol–water partition coefficient (Wildman–Crippen LogP) is -0.105. The third-order valence-corrected chi connectivity index (χ3v) is 4.55. The van der Waals surface area contributed by atoms with Crippen LogP contribution in [-0.4, -0.2) is 69.0 Å². The molecule has 1 aliphatic rings. The third kappa shape index (κ3) is 4.05. The summed E-state index contributed by atoms with van der Waals surface area (Å²) in [6.45, 7) is 0. The van der Waals surface area contributed by atoms with E-state index in [0.29, 0.717) is 0 Å². The molecular formula is C20H20O8. The van der Waals surface area contributed by atoms with E-state index in [0.717, 1.165) is 0 Å². The number of esters is 2. The maximum Gasteiger partial charge on any atom is 0.338 e. The molecule has 2 unspecified atom stereocenters. The molecule has 6 atom stereocenters. The van der Waals surface area contributed by atoms with Gasteiger partial charge >= 0.3 is 11.9 Å². The van der Waals surface area contributed by atoms with E-state index in [1.54, 1.807) is 36.4 Å². The summed E-state index contributed by atoms with van der Waals surface area (Å²) in [6.07, 6.45) is -10.3. The van der Waals surface area contributed by atoms with Gasteiger partial charge in [0.1, 0.15) is 24.4 Å². The number of rotatable bonds is 4. The molecule has 148 valence electrons. The van der Waals surface area contributed by atoms with Crippen molar-refractivity contribution < 1.29 is 39.5 Å². The molecule has 4 N–H and O–H groups in total. The van der Waals surface area contributed by atoms with E-state index in [1.807, 2.05) is 0 Å². The van der Waals surface area contributed by atoms with Gasteiger partial charge in [-0.05, 0) is 24.3 Å². The number of hydrogen-bond acceptors (Lipinski definition) is 8. The van der Waals surface area contributed by atoms with Crippen LogP contribution in [0.3, 0.4) is 0 Å². The number of carbonyl (C=O) groups is 2. The zero-order chi connectivity index (χ0) is 20.3. The Morgan fingerprint density at radius 3 is 1.29 bits per heavy atom. The van der Waals surface area contributed by atoms with Crippen molar-refractivity contribution in [3.8, 4) is 0 Å². The minimum absolute atomic E-state index is 0.167. The van der Waals surface area contributed by atoms with Crippen LogP contribution in [0, 0.1) is 0 Å². The highest BCUT2D eigenvalue weighted by Crippen LogP contribution is 2.27. The largest absolute Gasteiger partial charge is 0.453 e. The Morgan fingerprint density at radius 2 is 0.929 bits per heavy atom. The fraction of sp³-hybridized carbons (Fsp3) is 0.300. The Balaban J connectivity index is 1.77. The van der Waals surface area contributed by atoms with Crippen molar-refractivity contribution in [2.24, 2.45) is 0 Å². The van der Waals surface area contributed by atoms with E-state index in [1.165, 1.54) is 24.3 Å². The SMILES string of the molecule is O=C(O[C@@H]1C(O)[C@H](OC(=O)c2ccccc2)[C@@H](O)C(O)[C@H]1O)c1ccccc1. The van der Waals surface area contributed by atoms with Crippen LogP contribution in [0.1, 0.15) is 20.7 Å². The van der Waals surface area contributed by atoms with Gasteiger partial charge in [-0.2, -0.15) is 0 Å². The Hall–Kier alpha value is -2.78. The van der Waals surface area contributed by atoms with Gasteiger partial charge in [-0.1, -0.05) is 36.4 Å². The first kappa shape index (κ1) is 20.0. The minimum atomic E-state index is -1.80. The molecular weight excluding hydrogens is 368 g/mol. The van der Waals surface area contributed by atoms with Crippen molar-refractivity contribution in [2.45, 2.75) is 36.6 Å². The normalized spacial score (nSPS) is 29.7. The third-order valence-electron chi connectivity index (χ3n) is 4.55. The minimum Gasteiger partial charge on any atom is -0.453 e. The van der Waals surface area contributed by atoms with Crippen molar-refractivity contribution >= 4 is 11.9 Å². The average molecular weight is 388 g/mol. The van der Waals surface area contributed by atoms with Crippen LogP contribution in [0.4, 0.5) is 0 Å². The van der Waals surface area contributed by atoms with Gasteiger partial charge in [0.15, 0.2) is 12.2 Å². The highest BCUT2D eigenvalue weighted by Gasteiger charge is 2.52. The molecule has 0 saturated heterocycles. The summed E-state index contributed by atoms with van der Waals surface area (Å²) in [6, 6.07) is 15.7. The van der Waals surface area contributed by atoms with Crippen molar-refractivity contribution in [2.75, 3.05) is 0 Å². The maximum absolute atomic E-state index is 12.2. The van der Waals surface area contributed by atoms with Gasteiger partial charge in [0.05, 0.1) is 11.1 Å². The molecule has 0 aliphatic heterocycles. The number of carbonyl (C=O) groups excluding carboxylic acids is 2. The summed E-state index contributed by atoms with van der Waals surface area (Å²) >= 11 is 0. The summed E-state index contributed by atoms with van der Waals surface area (Å²) in [5.74, 6) is -1.69. The van der Waals surface area contributed by atoms with Crippen molar-refractivity contribution in [1.82, 2.24) is 0 Å². The van der Waals surface area contributed by atoms with Gasteiger partial charge in [0, 0.05) is 0 Å². The number of ether oxygens (including phenoxy) is 2. The fourth-order valence-electron chi connectivity index (χ4n) is 2.99. The highest BCUT2D eigenvalue weighted by molar-refractivity contribution is 5.90. The van der Waals surface area contributed by atoms with Gasteiger partial charge in [-0.15, -0.1) is 0 Å². The van der Waals surface area contributed by atoms with Gasteiger partial charge < -0.3 is 29.9 Å². The molecule has 2 aromatic carbocycles. The molecule has 1 saturated carbocycles. The monoisotopic (exact) mass is 388 g/mol. The van der Waals surface area contributed by atoms with Gasteiger partial charge in [-0.25, -0.2) is 9.59 Å². The van der Waals surface area contributed by atoms with Crippen LogP contribution in [0.15, 0.2) is 60.7 Å². The lowest BCUT2D eigenvalue weighted by atomic mass is 9.84. The molecule has 3 rings (SSSR count). The maximum atomic E-state index is 12.2. The van der Waals surface area contributed by atoms with Crippen molar-refractivity contribution in [3.05, 3.63) is 71.8 Å². The molecule has 0 amide bonds. The fourth-order valence-corrected chi connectivity index (χ4v) is 2.99. The summed E-state index contributed by atoms with van der Waals surface area (Å²) in [5, 5.41) is 40.9. The molecule has 0 heterocycles. The summed E-state index contributed by atoms with van der Waals surface area (Å²) < 4.78 is 10.3. The first-order valence-electron chi connectivity index (χ1n) is 8.64. The predicted molar refractivity (Wildman–Crippen MR) is 95.3 cm³/mol. The van der Waals surface area contributed by atoms with Crippen LogP contribution in [-0.2, 0) is 9.47 Å². The lowest BCUT2D eigenvalue weighted by Gasteiger charge is -2.42. The summed E-state index contributed by atoms with van der Waals surface area (Å²) in [5.41, 5.74) is 0.334. The molecule has 0 radical (unpaired) electrons. The Bertz CT molecular complexity index is 742. The van der Waals surface area contributed by atoms with Crippen LogP contribution >= 0.6 is 0 Å². The molecule has 1 aliphatic carbocycles. The molecule has 0 bridgehead atoms. The molecule has 8 heteroatoms. The molecule has 0 spiro atoms. The second-order valence-corrected chi connectivity index (χ2v) is 6.43. The van der Waals surface area contributed by atoms with Crippen molar-refractivity contribution in [1.29, 1.82) is 0 Å². The highest BCUT2D eigenvalue weighted by atomic mass is 16.6. The molecule has 0 aromatic heterocycles. The van der Waals surface area contributed by atoms with E-state index < -0.39 is 48.6 Å². The summed E-state index contributed by atoms with van der Waals surface area (Å²) in [4.78, 5) is 24.5. The summed E-state index contributed by atoms with van der Waals surface area (Å²) in [7, 11) is 0. The van der Waals surface area contributed by atoms with E-state index in [9.17, 15) is 30.0 Å². The van der Waals surface area contributed by atoms with Gasteiger partial charge in [0.25, 0.3) is 0 Å². The average Bonchev–Trinajstić information content (AvgIpc) is 2.73. The van der Waals surface area contributed by atoms with Crippen molar-refractivity contribution in [3.63, 3.8) is 0 Å². The molecule has 8 nitrogen and oxygen atoms in total. The van der Waals surface area contributed by atoms with Crippen LogP contribution < -0.4 is 0 Å². The lowest BCUT2D eigenvalue weighted by Crippen LogP contribution is -2.65. The topological polar surface area (TPSA) is 134 Å².